The van der Waals surface area contributed by atoms with Gasteiger partial charge in [0.25, 0.3) is 0 Å². The molecule has 0 saturated carbocycles. The summed E-state index contributed by atoms with van der Waals surface area (Å²) in [4.78, 5) is 0. The second-order valence-corrected chi connectivity index (χ2v) is 6.00. The van der Waals surface area contributed by atoms with Crippen LogP contribution in [-0.2, 0) is 6.42 Å². The fourth-order valence-electron chi connectivity index (χ4n) is 2.22. The number of hydrogen-bond donors (Lipinski definition) is 0. The summed E-state index contributed by atoms with van der Waals surface area (Å²) in [6, 6.07) is 5.00. The predicted octanol–water partition coefficient (Wildman–Crippen LogP) is 6.00. The van der Waals surface area contributed by atoms with E-state index in [4.69, 9.17) is 11.6 Å². The van der Waals surface area contributed by atoms with Gasteiger partial charge in [0.2, 0.25) is 0 Å². The molecule has 0 spiro atoms. The van der Waals surface area contributed by atoms with Crippen LogP contribution in [0, 0.1) is 11.2 Å². The molecule has 0 heterocycles. The van der Waals surface area contributed by atoms with Gasteiger partial charge in [-0.1, -0.05) is 60.3 Å². The summed E-state index contributed by atoms with van der Waals surface area (Å²) in [5.74, 6) is -0.183. The molecule has 18 heavy (non-hydrogen) atoms. The molecule has 1 rings (SSSR count). The van der Waals surface area contributed by atoms with Gasteiger partial charge in [0.05, 0.1) is 0 Å². The summed E-state index contributed by atoms with van der Waals surface area (Å²) in [5.41, 5.74) is 0.932. The van der Waals surface area contributed by atoms with Crippen molar-refractivity contribution >= 4 is 27.5 Å². The lowest BCUT2D eigenvalue weighted by molar-refractivity contribution is 0.280. The van der Waals surface area contributed by atoms with E-state index in [0.29, 0.717) is 5.02 Å². The van der Waals surface area contributed by atoms with Crippen molar-refractivity contribution in [3.05, 3.63) is 34.6 Å². The Morgan fingerprint density at radius 1 is 1.33 bits per heavy atom. The van der Waals surface area contributed by atoms with Crippen LogP contribution in [0.25, 0.3) is 0 Å². The Hall–Kier alpha value is -0.0800. The van der Waals surface area contributed by atoms with E-state index in [9.17, 15) is 4.39 Å². The van der Waals surface area contributed by atoms with Crippen molar-refractivity contribution in [3.8, 4) is 0 Å². The van der Waals surface area contributed by atoms with Crippen LogP contribution >= 0.6 is 27.5 Å². The Kier molecular flexibility index (Phi) is 6.65. The Labute approximate surface area is 123 Å². The van der Waals surface area contributed by atoms with Crippen molar-refractivity contribution in [2.24, 2.45) is 5.41 Å². The van der Waals surface area contributed by atoms with Crippen LogP contribution < -0.4 is 0 Å². The Morgan fingerprint density at radius 2 is 2.06 bits per heavy atom. The molecule has 0 saturated heterocycles. The average Bonchev–Trinajstić information content (AvgIpc) is 2.37. The Balaban J connectivity index is 2.88. The summed E-state index contributed by atoms with van der Waals surface area (Å²) >= 11 is 9.40. The predicted molar refractivity (Wildman–Crippen MR) is 81.2 cm³/mol. The first kappa shape index (κ1) is 16.0. The Morgan fingerprint density at radius 3 is 2.56 bits per heavy atom. The van der Waals surface area contributed by atoms with Crippen molar-refractivity contribution in [1.29, 1.82) is 0 Å². The van der Waals surface area contributed by atoms with Gasteiger partial charge in [0.1, 0.15) is 5.82 Å². The summed E-state index contributed by atoms with van der Waals surface area (Å²) in [6.07, 6.45) is 5.33. The molecular weight excluding hydrogens is 315 g/mol. The monoisotopic (exact) mass is 334 g/mol. The number of alkyl halides is 1. The van der Waals surface area contributed by atoms with Crippen LogP contribution in [0.15, 0.2) is 18.2 Å². The van der Waals surface area contributed by atoms with E-state index in [-0.39, 0.29) is 11.2 Å². The molecule has 0 amide bonds. The lowest BCUT2D eigenvalue weighted by atomic mass is 9.77. The normalized spacial score (nSPS) is 14.5. The van der Waals surface area contributed by atoms with E-state index in [0.717, 1.165) is 30.2 Å². The Bertz CT molecular complexity index is 375. The van der Waals surface area contributed by atoms with Gasteiger partial charge in [-0.05, 0) is 42.4 Å². The molecule has 0 aliphatic rings. The van der Waals surface area contributed by atoms with Crippen LogP contribution in [-0.4, -0.2) is 5.33 Å². The van der Waals surface area contributed by atoms with Crippen LogP contribution in [0.3, 0.4) is 0 Å². The van der Waals surface area contributed by atoms with Crippen LogP contribution in [0.1, 0.15) is 45.1 Å². The highest BCUT2D eigenvalue weighted by Gasteiger charge is 2.27. The highest BCUT2D eigenvalue weighted by atomic mass is 79.9. The minimum Gasteiger partial charge on any atom is -0.207 e. The summed E-state index contributed by atoms with van der Waals surface area (Å²) in [6.45, 7) is 4.38. The van der Waals surface area contributed by atoms with Gasteiger partial charge in [-0.3, -0.25) is 0 Å². The van der Waals surface area contributed by atoms with Gasteiger partial charge >= 0.3 is 0 Å². The minimum atomic E-state index is -0.183. The van der Waals surface area contributed by atoms with E-state index in [2.05, 4.69) is 29.8 Å². The van der Waals surface area contributed by atoms with Gasteiger partial charge in [-0.25, -0.2) is 4.39 Å². The van der Waals surface area contributed by atoms with Crippen LogP contribution in [0.4, 0.5) is 4.39 Å². The third-order valence-corrected chi connectivity index (χ3v) is 5.10. The minimum absolute atomic E-state index is 0.157. The molecule has 0 bridgehead atoms. The molecule has 102 valence electrons. The highest BCUT2D eigenvalue weighted by Crippen LogP contribution is 2.36. The van der Waals surface area contributed by atoms with E-state index in [1.807, 2.05) is 6.07 Å². The van der Waals surface area contributed by atoms with Crippen molar-refractivity contribution in [3.63, 3.8) is 0 Å². The molecule has 0 aliphatic carbocycles. The lowest BCUT2D eigenvalue weighted by Gasteiger charge is -2.31. The van der Waals surface area contributed by atoms with Crippen molar-refractivity contribution in [2.75, 3.05) is 5.33 Å². The number of benzene rings is 1. The van der Waals surface area contributed by atoms with Gasteiger partial charge in [-0.2, -0.15) is 0 Å². The zero-order chi connectivity index (χ0) is 13.6. The maximum absolute atomic E-state index is 13.9. The quantitative estimate of drug-likeness (QED) is 0.536. The first-order valence-electron chi connectivity index (χ1n) is 6.57. The first-order chi connectivity index (χ1) is 8.56. The third kappa shape index (κ3) is 4.24. The molecule has 3 heteroatoms. The molecule has 0 fully saturated rings. The van der Waals surface area contributed by atoms with E-state index < -0.39 is 0 Å². The van der Waals surface area contributed by atoms with Crippen molar-refractivity contribution in [1.82, 2.24) is 0 Å². The molecule has 0 aliphatic heterocycles. The van der Waals surface area contributed by atoms with E-state index >= 15 is 0 Å². The number of unbranched alkanes of at least 4 members (excludes halogenated alkanes) is 1. The third-order valence-electron chi connectivity index (χ3n) is 3.67. The average molecular weight is 336 g/mol. The van der Waals surface area contributed by atoms with Gasteiger partial charge in [0, 0.05) is 10.4 Å². The number of hydrogen-bond acceptors (Lipinski definition) is 0. The van der Waals surface area contributed by atoms with Gasteiger partial charge in [0.15, 0.2) is 0 Å². The summed E-state index contributed by atoms with van der Waals surface area (Å²) in [7, 11) is 0. The smallest absolute Gasteiger partial charge is 0.127 e. The number of rotatable bonds is 7. The topological polar surface area (TPSA) is 0 Å². The lowest BCUT2D eigenvalue weighted by Crippen LogP contribution is -2.25. The number of halogens is 3. The molecule has 1 aromatic rings. The van der Waals surface area contributed by atoms with E-state index in [1.165, 1.54) is 18.9 Å². The molecule has 0 nitrogen and oxygen atoms in total. The molecule has 1 unspecified atom stereocenters. The zero-order valence-corrected chi connectivity index (χ0v) is 13.5. The zero-order valence-electron chi connectivity index (χ0n) is 11.1. The molecule has 1 aromatic carbocycles. The summed E-state index contributed by atoms with van der Waals surface area (Å²) < 4.78 is 13.9. The maximum Gasteiger partial charge on any atom is 0.127 e. The largest absolute Gasteiger partial charge is 0.207 e. The van der Waals surface area contributed by atoms with Crippen LogP contribution in [0.5, 0.6) is 0 Å². The fourth-order valence-corrected chi connectivity index (χ4v) is 3.25. The van der Waals surface area contributed by atoms with Gasteiger partial charge in [-0.15, -0.1) is 0 Å². The summed E-state index contributed by atoms with van der Waals surface area (Å²) in [5, 5.41) is 1.38. The molecule has 0 radical (unpaired) electrons. The molecule has 1 atom stereocenters. The maximum atomic E-state index is 13.9. The van der Waals surface area contributed by atoms with Crippen LogP contribution in [0.2, 0.25) is 5.02 Å². The van der Waals surface area contributed by atoms with Crippen molar-refractivity contribution in [2.45, 2.75) is 46.0 Å². The molecular formula is C15H21BrClF. The fraction of sp³-hybridized carbons (Fsp3) is 0.600. The van der Waals surface area contributed by atoms with Gasteiger partial charge < -0.3 is 0 Å². The first-order valence-corrected chi connectivity index (χ1v) is 8.06. The molecule has 0 aromatic heterocycles. The van der Waals surface area contributed by atoms with E-state index in [1.54, 1.807) is 6.07 Å². The SMILES string of the molecule is CCCCC(CC)(CBr)Cc1ccc(Cl)cc1F. The molecule has 0 N–H and O–H groups in total. The second kappa shape index (κ2) is 7.49. The second-order valence-electron chi connectivity index (χ2n) is 5.00. The highest BCUT2D eigenvalue weighted by molar-refractivity contribution is 9.09. The standard InChI is InChI=1S/C15H21BrClF/c1-3-5-8-15(4-2,11-16)10-12-6-7-13(17)9-14(12)18/h6-7,9H,3-5,8,10-11H2,1-2H3. The van der Waals surface area contributed by atoms with Crippen molar-refractivity contribution < 1.29 is 4.39 Å².